The number of carboxylic acids is 1. The summed E-state index contributed by atoms with van der Waals surface area (Å²) in [5, 5.41) is 25.2. The number of hydrogen-bond donors (Lipinski definition) is 5. The zero-order valence-corrected chi connectivity index (χ0v) is 23.5. The number of aldehydes is 1. The van der Waals surface area contributed by atoms with E-state index in [1.165, 1.54) is 0 Å². The maximum atomic E-state index is 12.2. The fourth-order valence-corrected chi connectivity index (χ4v) is 3.98. The van der Waals surface area contributed by atoms with Crippen LogP contribution in [0.5, 0.6) is 0 Å². The van der Waals surface area contributed by atoms with E-state index in [1.54, 1.807) is 48.5 Å². The first kappa shape index (κ1) is 32.9. The normalized spacial score (nSPS) is 13.9. The monoisotopic (exact) mass is 605 g/mol. The highest BCUT2D eigenvalue weighted by Gasteiger charge is 2.25. The predicted octanol–water partition coefficient (Wildman–Crippen LogP) is 1.81. The van der Waals surface area contributed by atoms with E-state index in [9.17, 15) is 38.7 Å². The van der Waals surface area contributed by atoms with Gasteiger partial charge in [0, 0.05) is 29.9 Å². The molecule has 15 heteroatoms. The summed E-state index contributed by atoms with van der Waals surface area (Å²) in [7, 11) is 0. The van der Waals surface area contributed by atoms with E-state index in [1.807, 2.05) is 0 Å². The van der Waals surface area contributed by atoms with Gasteiger partial charge in [-0.2, -0.15) is 10.2 Å². The first-order chi connectivity index (χ1) is 21.0. The second kappa shape index (κ2) is 16.2. The molecule has 0 fully saturated rings. The highest BCUT2D eigenvalue weighted by molar-refractivity contribution is 6.15. The van der Waals surface area contributed by atoms with Gasteiger partial charge in [0.2, 0.25) is 17.7 Å². The Hall–Kier alpha value is -5.57. The van der Waals surface area contributed by atoms with E-state index >= 15 is 0 Å². The Morgan fingerprint density at radius 3 is 1.86 bits per heavy atom. The number of rotatable bonds is 16. The van der Waals surface area contributed by atoms with Gasteiger partial charge in [0.15, 0.2) is 0 Å². The molecule has 0 aromatic heterocycles. The summed E-state index contributed by atoms with van der Waals surface area (Å²) in [6, 6.07) is 12.0. The molecule has 0 aliphatic carbocycles. The topological polar surface area (TPSA) is 230 Å². The number of carbonyl (C=O) groups is 7. The van der Waals surface area contributed by atoms with Crippen LogP contribution in [0.25, 0.3) is 0 Å². The van der Waals surface area contributed by atoms with Crippen LogP contribution in [0, 0.1) is 5.92 Å². The molecule has 3 rings (SSSR count). The van der Waals surface area contributed by atoms with Crippen molar-refractivity contribution >= 4 is 64.5 Å². The smallest absolute Gasteiger partial charge is 0.306 e. The van der Waals surface area contributed by atoms with Crippen LogP contribution in [0.4, 0.5) is 22.7 Å². The van der Waals surface area contributed by atoms with Crippen molar-refractivity contribution in [3.8, 4) is 0 Å². The van der Waals surface area contributed by atoms with Gasteiger partial charge in [-0.3, -0.25) is 33.7 Å². The van der Waals surface area contributed by atoms with Gasteiger partial charge < -0.3 is 31.6 Å². The van der Waals surface area contributed by atoms with Crippen LogP contribution in [0.1, 0.15) is 25.7 Å². The molecule has 1 aliphatic heterocycles. The second-order valence-corrected chi connectivity index (χ2v) is 9.73. The second-order valence-electron chi connectivity index (χ2n) is 9.73. The molecule has 0 saturated heterocycles. The minimum atomic E-state index is -1.08. The molecular weight excluding hydrogens is 574 g/mol. The van der Waals surface area contributed by atoms with Gasteiger partial charge in [-0.05, 0) is 67.8 Å². The SMILES string of the molecule is N[C@H](C=O)C[C@@H](CCCC(=O)NCC(=O)Nc1ccc(N=Nc2ccc(NC(=O)CN3C(=O)C=CC3=O)cc2)cc1)C(=O)O. The van der Waals surface area contributed by atoms with E-state index in [0.717, 1.165) is 17.1 Å². The first-order valence-electron chi connectivity index (χ1n) is 13.5. The fraction of sp³-hybridized carbons (Fsp3) is 0.276. The van der Waals surface area contributed by atoms with Crippen molar-refractivity contribution < 1.29 is 38.7 Å². The van der Waals surface area contributed by atoms with E-state index < -0.39 is 54.0 Å². The highest BCUT2D eigenvalue weighted by Crippen LogP contribution is 2.22. The maximum Gasteiger partial charge on any atom is 0.306 e. The van der Waals surface area contributed by atoms with Crippen LogP contribution in [-0.2, 0) is 33.6 Å². The molecule has 0 radical (unpaired) electrons. The lowest BCUT2D eigenvalue weighted by atomic mass is 9.95. The van der Waals surface area contributed by atoms with Crippen LogP contribution >= 0.6 is 0 Å². The van der Waals surface area contributed by atoms with Gasteiger partial charge in [0.25, 0.3) is 11.8 Å². The third kappa shape index (κ3) is 10.7. The minimum absolute atomic E-state index is 0.00824. The number of carboxylic acid groups (broad SMARTS) is 1. The van der Waals surface area contributed by atoms with Crippen molar-refractivity contribution in [1.29, 1.82) is 0 Å². The average molecular weight is 606 g/mol. The standard InChI is InChI=1S/C29H31N7O8/c30-19(17-37)14-18(29(43)44)2-1-3-24(38)31-15-25(39)32-20-4-8-22(9-5-20)34-35-23-10-6-21(7-11-23)33-26(40)16-36-27(41)12-13-28(36)42/h4-13,17-19H,1-3,14-16,30H2,(H,31,38)(H,32,39)(H,33,40)(H,43,44)/t18-,19+/m1/s1. The summed E-state index contributed by atoms with van der Waals surface area (Å²) in [4.78, 5) is 82.2. The van der Waals surface area contributed by atoms with Crippen molar-refractivity contribution in [2.24, 2.45) is 21.9 Å². The van der Waals surface area contributed by atoms with E-state index in [2.05, 4.69) is 26.2 Å². The summed E-state index contributed by atoms with van der Waals surface area (Å²) in [5.41, 5.74) is 7.38. The molecule has 1 aliphatic rings. The summed E-state index contributed by atoms with van der Waals surface area (Å²) in [5.74, 6) is -4.41. The Kier molecular flexibility index (Phi) is 12.1. The number of benzene rings is 2. The number of imide groups is 1. The Morgan fingerprint density at radius 2 is 1.36 bits per heavy atom. The molecule has 0 unspecified atom stereocenters. The van der Waals surface area contributed by atoms with Gasteiger partial charge in [0.1, 0.15) is 12.8 Å². The average Bonchev–Trinajstić information content (AvgIpc) is 3.31. The van der Waals surface area contributed by atoms with Gasteiger partial charge in [-0.1, -0.05) is 0 Å². The van der Waals surface area contributed by atoms with Crippen molar-refractivity contribution in [3.05, 3.63) is 60.7 Å². The molecule has 15 nitrogen and oxygen atoms in total. The Morgan fingerprint density at radius 1 is 0.841 bits per heavy atom. The van der Waals surface area contributed by atoms with Gasteiger partial charge >= 0.3 is 5.97 Å². The molecule has 0 bridgehead atoms. The van der Waals surface area contributed by atoms with Crippen LogP contribution in [0.15, 0.2) is 70.9 Å². The van der Waals surface area contributed by atoms with E-state index in [0.29, 0.717) is 29.0 Å². The lowest BCUT2D eigenvalue weighted by Gasteiger charge is -2.13. The number of nitrogens with two attached hydrogens (primary N) is 1. The zero-order valence-electron chi connectivity index (χ0n) is 23.5. The lowest BCUT2D eigenvalue weighted by Crippen LogP contribution is -2.37. The zero-order chi connectivity index (χ0) is 32.1. The van der Waals surface area contributed by atoms with Gasteiger partial charge in [0.05, 0.1) is 29.9 Å². The van der Waals surface area contributed by atoms with Crippen LogP contribution in [0.3, 0.4) is 0 Å². The summed E-state index contributed by atoms with van der Waals surface area (Å²) < 4.78 is 0. The van der Waals surface area contributed by atoms with Crippen molar-refractivity contribution in [2.45, 2.75) is 31.7 Å². The maximum absolute atomic E-state index is 12.2. The molecule has 2 aromatic carbocycles. The largest absolute Gasteiger partial charge is 0.481 e. The van der Waals surface area contributed by atoms with Gasteiger partial charge in [-0.25, -0.2) is 0 Å². The van der Waals surface area contributed by atoms with Crippen molar-refractivity contribution in [3.63, 3.8) is 0 Å². The molecule has 2 atom stereocenters. The molecule has 5 amide bonds. The number of carbonyl (C=O) groups excluding carboxylic acids is 6. The molecule has 0 spiro atoms. The molecule has 2 aromatic rings. The number of nitrogens with one attached hydrogen (secondary N) is 3. The number of anilines is 2. The molecule has 0 saturated carbocycles. The Balaban J connectivity index is 1.38. The van der Waals surface area contributed by atoms with Crippen LogP contribution in [0.2, 0.25) is 0 Å². The number of nitrogens with zero attached hydrogens (tertiary/aromatic N) is 3. The van der Waals surface area contributed by atoms with Crippen LogP contribution < -0.4 is 21.7 Å². The third-order valence-electron chi connectivity index (χ3n) is 6.27. The fourth-order valence-electron chi connectivity index (χ4n) is 3.98. The highest BCUT2D eigenvalue weighted by atomic mass is 16.4. The van der Waals surface area contributed by atoms with E-state index in [4.69, 9.17) is 5.73 Å². The lowest BCUT2D eigenvalue weighted by molar-refractivity contribution is -0.142. The molecule has 44 heavy (non-hydrogen) atoms. The van der Waals surface area contributed by atoms with Crippen molar-refractivity contribution in [1.82, 2.24) is 10.2 Å². The quantitative estimate of drug-likeness (QED) is 0.107. The summed E-state index contributed by atoms with van der Waals surface area (Å²) in [6.07, 6.45) is 3.14. The molecule has 1 heterocycles. The number of amides is 5. The predicted molar refractivity (Wildman–Crippen MR) is 157 cm³/mol. The Bertz CT molecular complexity index is 1440. The molecule has 6 N–H and O–H groups in total. The van der Waals surface area contributed by atoms with Gasteiger partial charge in [-0.15, -0.1) is 0 Å². The van der Waals surface area contributed by atoms with E-state index in [-0.39, 0.29) is 32.2 Å². The molecular formula is C29H31N7O8. The minimum Gasteiger partial charge on any atom is -0.481 e. The van der Waals surface area contributed by atoms with Crippen LogP contribution in [-0.4, -0.2) is 70.9 Å². The summed E-state index contributed by atoms with van der Waals surface area (Å²) in [6.45, 7) is -0.671. The number of azo groups is 1. The number of aliphatic carboxylic acids is 1. The molecule has 230 valence electrons. The third-order valence-corrected chi connectivity index (χ3v) is 6.27. The number of hydrogen-bond acceptors (Lipinski definition) is 10. The summed E-state index contributed by atoms with van der Waals surface area (Å²) >= 11 is 0. The van der Waals surface area contributed by atoms with Crippen molar-refractivity contribution in [2.75, 3.05) is 23.7 Å². The Labute approximate surface area is 251 Å². The first-order valence-corrected chi connectivity index (χ1v) is 13.5.